The highest BCUT2D eigenvalue weighted by molar-refractivity contribution is 7.92. The summed E-state index contributed by atoms with van der Waals surface area (Å²) in [4.78, 5) is 29.5. The highest BCUT2D eigenvalue weighted by atomic mass is 32.2. The molecule has 2 amide bonds. The van der Waals surface area contributed by atoms with E-state index in [0.717, 1.165) is 42.0 Å². The fraction of sp³-hybridized carbons (Fsp3) is 0.394. The lowest BCUT2D eigenvalue weighted by atomic mass is 9.95. The molecular formula is C33H41N3O6S. The number of nitrogens with zero attached hydrogens (tertiary/aromatic N) is 2. The maximum Gasteiger partial charge on any atom is 0.264 e. The van der Waals surface area contributed by atoms with Crippen LogP contribution in [0.2, 0.25) is 0 Å². The highest BCUT2D eigenvalue weighted by Gasteiger charge is 2.35. The smallest absolute Gasteiger partial charge is 0.264 e. The van der Waals surface area contributed by atoms with Crippen LogP contribution in [0.15, 0.2) is 83.8 Å². The Hall–Kier alpha value is -4.05. The Kier molecular flexibility index (Phi) is 11.1. The largest absolute Gasteiger partial charge is 0.497 e. The van der Waals surface area contributed by atoms with E-state index in [1.54, 1.807) is 30.3 Å². The van der Waals surface area contributed by atoms with Crippen LogP contribution in [0.25, 0.3) is 0 Å². The van der Waals surface area contributed by atoms with Gasteiger partial charge in [0.2, 0.25) is 11.8 Å². The summed E-state index contributed by atoms with van der Waals surface area (Å²) >= 11 is 0. The number of carbonyl (C=O) groups excluding carboxylic acids is 2. The minimum absolute atomic E-state index is 0.0179. The second-order valence-electron chi connectivity index (χ2n) is 10.6. The molecule has 9 nitrogen and oxygen atoms in total. The van der Waals surface area contributed by atoms with E-state index >= 15 is 0 Å². The van der Waals surface area contributed by atoms with E-state index in [2.05, 4.69) is 5.32 Å². The van der Waals surface area contributed by atoms with Gasteiger partial charge in [0.05, 0.1) is 24.8 Å². The molecule has 0 radical (unpaired) electrons. The summed E-state index contributed by atoms with van der Waals surface area (Å²) < 4.78 is 40.2. The molecule has 1 fully saturated rings. The first-order valence-corrected chi connectivity index (χ1v) is 16.2. The molecule has 0 bridgehead atoms. The van der Waals surface area contributed by atoms with Gasteiger partial charge in [-0.25, -0.2) is 8.42 Å². The molecule has 10 heteroatoms. The van der Waals surface area contributed by atoms with Crippen LogP contribution in [0.4, 0.5) is 5.69 Å². The Morgan fingerprint density at radius 2 is 1.56 bits per heavy atom. The molecule has 3 aromatic rings. The second kappa shape index (κ2) is 14.9. The quantitative estimate of drug-likeness (QED) is 0.288. The number of amides is 2. The lowest BCUT2D eigenvalue weighted by Gasteiger charge is -2.34. The zero-order valence-electron chi connectivity index (χ0n) is 25.1. The molecule has 1 unspecified atom stereocenters. The van der Waals surface area contributed by atoms with Gasteiger partial charge in [-0.05, 0) is 49.1 Å². The van der Waals surface area contributed by atoms with Crippen LogP contribution < -0.4 is 19.1 Å². The zero-order chi connectivity index (χ0) is 30.8. The molecule has 1 aliphatic rings. The summed E-state index contributed by atoms with van der Waals surface area (Å²) in [5.74, 6) is -0.0882. The molecule has 3 aromatic carbocycles. The van der Waals surface area contributed by atoms with Crippen LogP contribution >= 0.6 is 0 Å². The van der Waals surface area contributed by atoms with Crippen molar-refractivity contribution in [2.75, 3.05) is 25.1 Å². The van der Waals surface area contributed by atoms with E-state index in [-0.39, 0.29) is 34.8 Å². The van der Waals surface area contributed by atoms with Gasteiger partial charge in [0.25, 0.3) is 10.0 Å². The predicted octanol–water partition coefficient (Wildman–Crippen LogP) is 5.16. The topological polar surface area (TPSA) is 105 Å². The van der Waals surface area contributed by atoms with E-state index in [1.807, 2.05) is 37.3 Å². The molecule has 43 heavy (non-hydrogen) atoms. The molecule has 0 spiro atoms. The minimum atomic E-state index is -4.24. The SMILES string of the molecule is CCC(C(=O)NC1CCCCC1)N(Cc1ccccc1)C(=O)CN(c1cc(OC)ccc1OC)S(=O)(=O)c1ccccc1. The fourth-order valence-electron chi connectivity index (χ4n) is 5.47. The van der Waals surface area contributed by atoms with Crippen molar-refractivity contribution in [3.63, 3.8) is 0 Å². The molecule has 0 saturated heterocycles. The van der Waals surface area contributed by atoms with Crippen LogP contribution in [0.1, 0.15) is 51.0 Å². The first-order valence-electron chi connectivity index (χ1n) is 14.7. The number of hydrogen-bond acceptors (Lipinski definition) is 6. The van der Waals surface area contributed by atoms with Gasteiger partial charge < -0.3 is 19.7 Å². The summed E-state index contributed by atoms with van der Waals surface area (Å²) in [6.07, 6.45) is 5.46. The van der Waals surface area contributed by atoms with E-state index in [9.17, 15) is 18.0 Å². The maximum atomic E-state index is 14.3. The zero-order valence-corrected chi connectivity index (χ0v) is 25.9. The van der Waals surface area contributed by atoms with Crippen molar-refractivity contribution >= 4 is 27.5 Å². The van der Waals surface area contributed by atoms with Crippen molar-refractivity contribution in [2.24, 2.45) is 0 Å². The number of sulfonamides is 1. The number of hydrogen-bond donors (Lipinski definition) is 1. The Bertz CT molecular complexity index is 1460. The van der Waals surface area contributed by atoms with Gasteiger partial charge in [-0.15, -0.1) is 0 Å². The molecule has 1 N–H and O–H groups in total. The van der Waals surface area contributed by atoms with E-state index in [1.165, 1.54) is 37.3 Å². The van der Waals surface area contributed by atoms with Crippen molar-refractivity contribution < 1.29 is 27.5 Å². The highest BCUT2D eigenvalue weighted by Crippen LogP contribution is 2.36. The average Bonchev–Trinajstić information content (AvgIpc) is 3.04. The molecule has 1 atom stereocenters. The van der Waals surface area contributed by atoms with Crippen molar-refractivity contribution in [1.82, 2.24) is 10.2 Å². The molecule has 0 heterocycles. The lowest BCUT2D eigenvalue weighted by molar-refractivity contribution is -0.140. The number of rotatable bonds is 13. The van der Waals surface area contributed by atoms with Crippen LogP contribution in [0, 0.1) is 0 Å². The Morgan fingerprint density at radius 3 is 2.16 bits per heavy atom. The summed E-state index contributed by atoms with van der Waals surface area (Å²) in [5.41, 5.74) is 0.981. The van der Waals surface area contributed by atoms with E-state index in [4.69, 9.17) is 9.47 Å². The molecular weight excluding hydrogens is 566 g/mol. The predicted molar refractivity (Wildman–Crippen MR) is 167 cm³/mol. The number of carbonyl (C=O) groups is 2. The normalized spacial score (nSPS) is 14.4. The first kappa shape index (κ1) is 31.9. The number of methoxy groups -OCH3 is 2. The Labute approximate surface area is 254 Å². The number of ether oxygens (including phenoxy) is 2. The van der Waals surface area contributed by atoms with E-state index in [0.29, 0.717) is 12.2 Å². The number of anilines is 1. The van der Waals surface area contributed by atoms with Gasteiger partial charge in [0.1, 0.15) is 24.1 Å². The van der Waals surface area contributed by atoms with Crippen molar-refractivity contribution in [1.29, 1.82) is 0 Å². The third-order valence-corrected chi connectivity index (χ3v) is 9.57. The molecule has 1 aliphatic carbocycles. The fourth-order valence-corrected chi connectivity index (χ4v) is 6.91. The van der Waals surface area contributed by atoms with E-state index < -0.39 is 28.5 Å². The second-order valence-corrected chi connectivity index (χ2v) is 12.5. The first-order chi connectivity index (χ1) is 20.8. The van der Waals surface area contributed by atoms with Crippen LogP contribution in [-0.4, -0.2) is 58.0 Å². The van der Waals surface area contributed by atoms with Gasteiger partial charge in [0, 0.05) is 18.7 Å². The van der Waals surface area contributed by atoms with Crippen molar-refractivity contribution in [3.05, 3.63) is 84.4 Å². The molecule has 0 aliphatic heterocycles. The van der Waals surface area contributed by atoms with Crippen molar-refractivity contribution in [3.8, 4) is 11.5 Å². The van der Waals surface area contributed by atoms with Crippen LogP contribution in [-0.2, 0) is 26.2 Å². The molecule has 4 rings (SSSR count). The minimum Gasteiger partial charge on any atom is -0.497 e. The molecule has 230 valence electrons. The third-order valence-electron chi connectivity index (χ3n) is 7.80. The monoisotopic (exact) mass is 607 g/mol. The number of nitrogens with one attached hydrogen (secondary N) is 1. The summed E-state index contributed by atoms with van der Waals surface area (Å²) in [7, 11) is -1.33. The number of benzene rings is 3. The van der Waals surface area contributed by atoms with Gasteiger partial charge in [-0.3, -0.25) is 13.9 Å². The Morgan fingerprint density at radius 1 is 0.907 bits per heavy atom. The van der Waals surface area contributed by atoms with Crippen molar-refractivity contribution in [2.45, 2.75) is 69.0 Å². The maximum absolute atomic E-state index is 14.3. The molecule has 0 aromatic heterocycles. The summed E-state index contributed by atoms with van der Waals surface area (Å²) in [6.45, 7) is 1.45. The van der Waals surface area contributed by atoms with Gasteiger partial charge in [-0.1, -0.05) is 74.7 Å². The third kappa shape index (κ3) is 7.87. The summed E-state index contributed by atoms with van der Waals surface area (Å²) in [6, 6.07) is 21.4. The summed E-state index contributed by atoms with van der Waals surface area (Å²) in [5, 5.41) is 3.16. The lowest BCUT2D eigenvalue weighted by Crippen LogP contribution is -2.54. The van der Waals surface area contributed by atoms with Gasteiger partial charge >= 0.3 is 0 Å². The van der Waals surface area contributed by atoms with Gasteiger partial charge in [-0.2, -0.15) is 0 Å². The van der Waals surface area contributed by atoms with Crippen LogP contribution in [0.3, 0.4) is 0 Å². The van der Waals surface area contributed by atoms with Gasteiger partial charge in [0.15, 0.2) is 0 Å². The average molecular weight is 608 g/mol. The standard InChI is InChI=1S/C33H41N3O6S/c1-4-29(33(38)34-26-16-10-6-11-17-26)35(23-25-14-8-5-9-15-25)32(37)24-36(43(39,40)28-18-12-7-13-19-28)30-22-27(41-2)20-21-31(30)42-3/h5,7-9,12-15,18-22,26,29H,4,6,10-11,16-17,23-24H2,1-3H3,(H,34,38). The van der Waals surface area contributed by atoms with Crippen LogP contribution in [0.5, 0.6) is 11.5 Å². The Balaban J connectivity index is 1.75. The molecule has 1 saturated carbocycles.